The van der Waals surface area contributed by atoms with Crippen LogP contribution < -0.4 is 14.7 Å². The summed E-state index contributed by atoms with van der Waals surface area (Å²) in [6.07, 6.45) is 5.06. The third-order valence-electron chi connectivity index (χ3n) is 3.52. The van der Waals surface area contributed by atoms with E-state index in [1.54, 1.807) is 18.6 Å². The van der Waals surface area contributed by atoms with E-state index in [0.717, 1.165) is 43.9 Å². The molecule has 0 saturated carbocycles. The molecule has 0 N–H and O–H groups in total. The lowest BCUT2D eigenvalue weighted by atomic mass is 10.3. The maximum absolute atomic E-state index is 5.82. The maximum Gasteiger partial charge on any atom is 0.226 e. The highest BCUT2D eigenvalue weighted by molar-refractivity contribution is 6.30. The van der Waals surface area contributed by atoms with Gasteiger partial charge in [0.1, 0.15) is 5.82 Å². The van der Waals surface area contributed by atoms with E-state index in [-0.39, 0.29) is 0 Å². The molecule has 2 aromatic rings. The van der Waals surface area contributed by atoms with Gasteiger partial charge in [-0.15, -0.1) is 0 Å². The van der Waals surface area contributed by atoms with Crippen LogP contribution >= 0.6 is 11.6 Å². The molecule has 1 aliphatic rings. The fraction of sp³-hybridized carbons (Fsp3) is 0.429. The molecule has 1 fully saturated rings. The summed E-state index contributed by atoms with van der Waals surface area (Å²) in [7, 11) is 3.88. The second-order valence-corrected chi connectivity index (χ2v) is 5.72. The maximum atomic E-state index is 5.82. The second kappa shape index (κ2) is 6.31. The molecular formula is C14H18ClN7. The Kier molecular flexibility index (Phi) is 4.24. The highest BCUT2D eigenvalue weighted by atomic mass is 35.5. The molecule has 1 aliphatic heterocycles. The Balaban J connectivity index is 1.66. The van der Waals surface area contributed by atoms with Crippen molar-refractivity contribution in [3.8, 4) is 0 Å². The van der Waals surface area contributed by atoms with Crippen LogP contribution in [0.2, 0.25) is 5.02 Å². The molecular weight excluding hydrogens is 302 g/mol. The molecule has 0 amide bonds. The lowest BCUT2D eigenvalue weighted by molar-refractivity contribution is 0.634. The van der Waals surface area contributed by atoms with Crippen LogP contribution in [0.25, 0.3) is 0 Å². The van der Waals surface area contributed by atoms with Gasteiger partial charge in [0.15, 0.2) is 0 Å². The van der Waals surface area contributed by atoms with E-state index in [4.69, 9.17) is 11.6 Å². The number of halogens is 1. The molecule has 3 rings (SSSR count). The lowest BCUT2D eigenvalue weighted by Gasteiger charge is -2.35. The van der Waals surface area contributed by atoms with Gasteiger partial charge in [0.05, 0.1) is 17.4 Å². The number of piperazine rings is 1. The molecule has 22 heavy (non-hydrogen) atoms. The molecule has 0 aliphatic carbocycles. The number of rotatable bonds is 3. The molecule has 1 saturated heterocycles. The van der Waals surface area contributed by atoms with Gasteiger partial charge in [0.2, 0.25) is 11.9 Å². The van der Waals surface area contributed by atoms with Crippen molar-refractivity contribution in [2.45, 2.75) is 0 Å². The van der Waals surface area contributed by atoms with E-state index in [1.807, 2.05) is 25.1 Å². The Labute approximate surface area is 134 Å². The normalized spacial score (nSPS) is 15.0. The minimum absolute atomic E-state index is 0.555. The first kappa shape index (κ1) is 14.8. The molecule has 0 spiro atoms. The zero-order chi connectivity index (χ0) is 15.5. The predicted octanol–water partition coefficient (Wildman–Crippen LogP) is 1.31. The van der Waals surface area contributed by atoms with Crippen molar-refractivity contribution >= 4 is 29.3 Å². The van der Waals surface area contributed by atoms with Crippen molar-refractivity contribution in [1.29, 1.82) is 0 Å². The van der Waals surface area contributed by atoms with Gasteiger partial charge in [-0.1, -0.05) is 11.6 Å². The van der Waals surface area contributed by atoms with Crippen molar-refractivity contribution < 1.29 is 0 Å². The molecule has 2 aromatic heterocycles. The molecule has 8 heteroatoms. The fourth-order valence-corrected chi connectivity index (χ4v) is 2.43. The molecule has 0 atom stereocenters. The fourth-order valence-electron chi connectivity index (χ4n) is 2.34. The zero-order valence-corrected chi connectivity index (χ0v) is 13.4. The number of anilines is 3. The van der Waals surface area contributed by atoms with Gasteiger partial charge < -0.3 is 14.7 Å². The summed E-state index contributed by atoms with van der Waals surface area (Å²) in [6, 6.07) is 1.95. The van der Waals surface area contributed by atoms with Crippen molar-refractivity contribution in [1.82, 2.24) is 19.9 Å². The Bertz CT molecular complexity index is 623. The van der Waals surface area contributed by atoms with Crippen LogP contribution in [0.1, 0.15) is 0 Å². The van der Waals surface area contributed by atoms with E-state index in [0.29, 0.717) is 5.02 Å². The monoisotopic (exact) mass is 319 g/mol. The van der Waals surface area contributed by atoms with E-state index in [1.165, 1.54) is 0 Å². The Morgan fingerprint density at radius 1 is 1.00 bits per heavy atom. The molecule has 0 aromatic carbocycles. The summed E-state index contributed by atoms with van der Waals surface area (Å²) in [5.74, 6) is 2.40. The minimum atomic E-state index is 0.555. The standard InChI is InChI=1S/C14H18ClN7/c1-20(2)14-16-4-3-12(19-14)21-5-7-22(8-6-21)13-17-9-11(15)10-18-13/h3-4,9-10H,5-8H2,1-2H3. The Morgan fingerprint density at radius 2 is 1.64 bits per heavy atom. The average Bonchev–Trinajstić information content (AvgIpc) is 2.56. The molecule has 0 unspecified atom stereocenters. The third-order valence-corrected chi connectivity index (χ3v) is 3.72. The SMILES string of the molecule is CN(C)c1nccc(N2CCN(c3ncc(Cl)cn3)CC2)n1. The Morgan fingerprint density at radius 3 is 2.27 bits per heavy atom. The lowest BCUT2D eigenvalue weighted by Crippen LogP contribution is -2.47. The molecule has 0 radical (unpaired) electrons. The number of nitrogens with zero attached hydrogens (tertiary/aromatic N) is 7. The largest absolute Gasteiger partial charge is 0.353 e. The summed E-state index contributed by atoms with van der Waals surface area (Å²) in [6.45, 7) is 3.44. The average molecular weight is 320 g/mol. The third kappa shape index (κ3) is 3.19. The van der Waals surface area contributed by atoms with E-state index >= 15 is 0 Å². The smallest absolute Gasteiger partial charge is 0.226 e. The minimum Gasteiger partial charge on any atom is -0.353 e. The second-order valence-electron chi connectivity index (χ2n) is 5.28. The molecule has 0 bridgehead atoms. The summed E-state index contributed by atoms with van der Waals surface area (Å²) < 4.78 is 0. The van der Waals surface area contributed by atoms with Gasteiger partial charge in [0.25, 0.3) is 0 Å². The first-order valence-corrected chi connectivity index (χ1v) is 7.49. The van der Waals surface area contributed by atoms with Crippen molar-refractivity contribution in [3.63, 3.8) is 0 Å². The van der Waals surface area contributed by atoms with Crippen LogP contribution in [-0.2, 0) is 0 Å². The summed E-state index contributed by atoms with van der Waals surface area (Å²) >= 11 is 5.82. The molecule has 116 valence electrons. The van der Waals surface area contributed by atoms with Gasteiger partial charge in [-0.05, 0) is 6.07 Å². The molecule has 3 heterocycles. The summed E-state index contributed by atoms with van der Waals surface area (Å²) in [5.41, 5.74) is 0. The summed E-state index contributed by atoms with van der Waals surface area (Å²) in [4.78, 5) is 23.7. The van der Waals surface area contributed by atoms with Crippen LogP contribution in [0.5, 0.6) is 0 Å². The van der Waals surface area contributed by atoms with Gasteiger partial charge in [-0.2, -0.15) is 4.98 Å². The number of hydrogen-bond donors (Lipinski definition) is 0. The first-order valence-electron chi connectivity index (χ1n) is 7.11. The van der Waals surface area contributed by atoms with Crippen LogP contribution in [0.3, 0.4) is 0 Å². The van der Waals surface area contributed by atoms with Crippen molar-refractivity contribution in [2.75, 3.05) is 55.0 Å². The Hall–Kier alpha value is -2.15. The van der Waals surface area contributed by atoms with E-state index < -0.39 is 0 Å². The quantitative estimate of drug-likeness (QED) is 0.845. The highest BCUT2D eigenvalue weighted by Crippen LogP contribution is 2.18. The van der Waals surface area contributed by atoms with Crippen LogP contribution in [0, 0.1) is 0 Å². The highest BCUT2D eigenvalue weighted by Gasteiger charge is 2.20. The zero-order valence-electron chi connectivity index (χ0n) is 12.6. The summed E-state index contributed by atoms with van der Waals surface area (Å²) in [5, 5.41) is 0.555. The van der Waals surface area contributed by atoms with E-state index in [2.05, 4.69) is 29.7 Å². The number of aromatic nitrogens is 4. The predicted molar refractivity (Wildman–Crippen MR) is 87.8 cm³/mol. The topological polar surface area (TPSA) is 61.3 Å². The van der Waals surface area contributed by atoms with Gasteiger partial charge in [-0.3, -0.25) is 0 Å². The van der Waals surface area contributed by atoms with Crippen molar-refractivity contribution in [2.24, 2.45) is 0 Å². The van der Waals surface area contributed by atoms with Gasteiger partial charge in [0, 0.05) is 46.5 Å². The molecule has 7 nitrogen and oxygen atoms in total. The van der Waals surface area contributed by atoms with Crippen LogP contribution in [0.15, 0.2) is 24.7 Å². The van der Waals surface area contributed by atoms with Crippen LogP contribution in [-0.4, -0.2) is 60.2 Å². The van der Waals surface area contributed by atoms with Gasteiger partial charge >= 0.3 is 0 Å². The van der Waals surface area contributed by atoms with Crippen molar-refractivity contribution in [3.05, 3.63) is 29.7 Å². The van der Waals surface area contributed by atoms with Gasteiger partial charge in [-0.25, -0.2) is 15.0 Å². The first-order chi connectivity index (χ1) is 10.6. The van der Waals surface area contributed by atoms with Crippen LogP contribution in [0.4, 0.5) is 17.7 Å². The van der Waals surface area contributed by atoms with E-state index in [9.17, 15) is 0 Å². The number of hydrogen-bond acceptors (Lipinski definition) is 7.